The summed E-state index contributed by atoms with van der Waals surface area (Å²) in [5, 5.41) is 9.80. The van der Waals surface area contributed by atoms with Gasteiger partial charge in [0.25, 0.3) is 0 Å². The van der Waals surface area contributed by atoms with Gasteiger partial charge in [-0.15, -0.1) is 0 Å². The molecule has 0 aliphatic rings. The molecule has 0 aliphatic heterocycles. The van der Waals surface area contributed by atoms with Crippen molar-refractivity contribution < 1.29 is 19.4 Å². The van der Waals surface area contributed by atoms with Crippen molar-refractivity contribution in [2.45, 2.75) is 32.6 Å². The smallest absolute Gasteiger partial charge is 0.310 e. The quantitative estimate of drug-likeness (QED) is 0.515. The van der Waals surface area contributed by atoms with Crippen molar-refractivity contribution in [3.8, 4) is 0 Å². The second-order valence-electron chi connectivity index (χ2n) is 6.45. The van der Waals surface area contributed by atoms with Crippen LogP contribution in [0.3, 0.4) is 0 Å². The van der Waals surface area contributed by atoms with Gasteiger partial charge in [0.15, 0.2) is 0 Å². The third-order valence-corrected chi connectivity index (χ3v) is 4.44. The van der Waals surface area contributed by atoms with E-state index in [1.807, 2.05) is 67.6 Å². The van der Waals surface area contributed by atoms with Crippen LogP contribution in [0.25, 0.3) is 0 Å². The fourth-order valence-corrected chi connectivity index (χ4v) is 2.95. The first-order chi connectivity index (χ1) is 12.6. The Bertz CT molecular complexity index is 682. The van der Waals surface area contributed by atoms with Gasteiger partial charge < -0.3 is 9.84 Å². The van der Waals surface area contributed by atoms with Crippen LogP contribution in [0.2, 0.25) is 0 Å². The molecule has 0 amide bonds. The van der Waals surface area contributed by atoms with Crippen LogP contribution < -0.4 is 0 Å². The van der Waals surface area contributed by atoms with E-state index in [4.69, 9.17) is 4.74 Å². The minimum atomic E-state index is -0.970. The number of rotatable bonds is 10. The highest BCUT2D eigenvalue weighted by Crippen LogP contribution is 2.24. The van der Waals surface area contributed by atoms with Gasteiger partial charge in [0.2, 0.25) is 0 Å². The molecular weight excluding hydrogens is 328 g/mol. The molecule has 0 heterocycles. The normalized spacial score (nSPS) is 13.0. The number of carbonyl (C=O) groups excluding carboxylic acids is 1. The summed E-state index contributed by atoms with van der Waals surface area (Å²) in [6.07, 6.45) is 2.36. The van der Waals surface area contributed by atoms with Gasteiger partial charge in [-0.05, 0) is 30.4 Å². The number of esters is 1. The monoisotopic (exact) mass is 354 g/mol. The molecule has 0 spiro atoms. The van der Waals surface area contributed by atoms with Crippen molar-refractivity contribution in [2.24, 2.45) is 11.8 Å². The Hall–Kier alpha value is -2.62. The van der Waals surface area contributed by atoms with E-state index in [-0.39, 0.29) is 0 Å². The number of carbonyl (C=O) groups is 2. The maximum Gasteiger partial charge on any atom is 0.310 e. The minimum Gasteiger partial charge on any atom is -0.481 e. The average Bonchev–Trinajstić information content (AvgIpc) is 2.66. The first-order valence-electron chi connectivity index (χ1n) is 9.09. The molecule has 2 aromatic carbocycles. The SMILES string of the molecule is CCCCOC(=O)C(Cc1ccccc1)C(Cc1ccccc1)C(=O)O. The number of benzene rings is 2. The summed E-state index contributed by atoms with van der Waals surface area (Å²) in [5.74, 6) is -2.94. The van der Waals surface area contributed by atoms with Gasteiger partial charge in [-0.2, -0.15) is 0 Å². The molecular formula is C22H26O4. The van der Waals surface area contributed by atoms with E-state index in [0.717, 1.165) is 24.0 Å². The fraction of sp³-hybridized carbons (Fsp3) is 0.364. The van der Waals surface area contributed by atoms with Crippen LogP contribution in [-0.4, -0.2) is 23.7 Å². The summed E-state index contributed by atoms with van der Waals surface area (Å²) in [6.45, 7) is 2.35. The molecule has 0 saturated carbocycles. The lowest BCUT2D eigenvalue weighted by molar-refractivity contribution is -0.157. The third kappa shape index (κ3) is 6.03. The Kier molecular flexibility index (Phi) is 7.87. The Labute approximate surface area is 154 Å². The number of hydrogen-bond donors (Lipinski definition) is 1. The first-order valence-corrected chi connectivity index (χ1v) is 9.09. The molecule has 4 nitrogen and oxygen atoms in total. The van der Waals surface area contributed by atoms with Crippen molar-refractivity contribution in [1.82, 2.24) is 0 Å². The zero-order valence-electron chi connectivity index (χ0n) is 15.1. The van der Waals surface area contributed by atoms with Crippen molar-refractivity contribution in [1.29, 1.82) is 0 Å². The summed E-state index contributed by atoms with van der Waals surface area (Å²) < 4.78 is 5.38. The number of ether oxygens (including phenoxy) is 1. The molecule has 1 N–H and O–H groups in total. The number of hydrogen-bond acceptors (Lipinski definition) is 3. The molecule has 26 heavy (non-hydrogen) atoms. The van der Waals surface area contributed by atoms with Gasteiger partial charge in [-0.25, -0.2) is 0 Å². The second kappa shape index (κ2) is 10.4. The molecule has 0 aromatic heterocycles. The van der Waals surface area contributed by atoms with Crippen molar-refractivity contribution >= 4 is 11.9 Å². The van der Waals surface area contributed by atoms with E-state index in [0.29, 0.717) is 19.4 Å². The third-order valence-electron chi connectivity index (χ3n) is 4.44. The van der Waals surface area contributed by atoms with Crippen LogP contribution in [-0.2, 0) is 27.2 Å². The fourth-order valence-electron chi connectivity index (χ4n) is 2.95. The van der Waals surface area contributed by atoms with Gasteiger partial charge in [-0.3, -0.25) is 9.59 Å². The number of carboxylic acids is 1. The topological polar surface area (TPSA) is 63.6 Å². The molecule has 0 aliphatic carbocycles. The van der Waals surface area contributed by atoms with E-state index in [1.165, 1.54) is 0 Å². The summed E-state index contributed by atoms with van der Waals surface area (Å²) in [7, 11) is 0. The molecule has 2 rings (SSSR count). The number of carboxylic acid groups (broad SMARTS) is 1. The van der Waals surface area contributed by atoms with Gasteiger partial charge in [0, 0.05) is 0 Å². The van der Waals surface area contributed by atoms with E-state index in [1.54, 1.807) is 0 Å². The van der Waals surface area contributed by atoms with Crippen LogP contribution in [0, 0.1) is 11.8 Å². The van der Waals surface area contributed by atoms with Gasteiger partial charge in [0.1, 0.15) is 0 Å². The summed E-state index contributed by atoms with van der Waals surface area (Å²) >= 11 is 0. The Morgan fingerprint density at radius 3 is 1.85 bits per heavy atom. The number of unbranched alkanes of at least 4 members (excludes halogenated alkanes) is 1. The Morgan fingerprint density at radius 1 is 0.885 bits per heavy atom. The summed E-state index contributed by atoms with van der Waals surface area (Å²) in [4.78, 5) is 24.6. The number of aliphatic carboxylic acids is 1. The molecule has 0 radical (unpaired) electrons. The molecule has 0 saturated heterocycles. The molecule has 2 aromatic rings. The Balaban J connectivity index is 2.22. The highest BCUT2D eigenvalue weighted by Gasteiger charge is 2.35. The summed E-state index contributed by atoms with van der Waals surface area (Å²) in [5.41, 5.74) is 1.84. The lowest BCUT2D eigenvalue weighted by Crippen LogP contribution is -2.34. The zero-order valence-corrected chi connectivity index (χ0v) is 15.1. The van der Waals surface area contributed by atoms with Gasteiger partial charge in [0.05, 0.1) is 18.4 Å². The van der Waals surface area contributed by atoms with Crippen molar-refractivity contribution in [3.05, 3.63) is 71.8 Å². The van der Waals surface area contributed by atoms with Crippen molar-refractivity contribution in [2.75, 3.05) is 6.61 Å². The maximum atomic E-state index is 12.7. The summed E-state index contributed by atoms with van der Waals surface area (Å²) in [6, 6.07) is 18.9. The van der Waals surface area contributed by atoms with Crippen molar-refractivity contribution in [3.63, 3.8) is 0 Å². The highest BCUT2D eigenvalue weighted by atomic mass is 16.5. The van der Waals surface area contributed by atoms with Crippen LogP contribution in [0.1, 0.15) is 30.9 Å². The molecule has 138 valence electrons. The van der Waals surface area contributed by atoms with Gasteiger partial charge >= 0.3 is 11.9 Å². The zero-order chi connectivity index (χ0) is 18.8. The maximum absolute atomic E-state index is 12.7. The van der Waals surface area contributed by atoms with Crippen LogP contribution in [0.15, 0.2) is 60.7 Å². The average molecular weight is 354 g/mol. The van der Waals surface area contributed by atoms with Crippen LogP contribution in [0.4, 0.5) is 0 Å². The molecule has 2 unspecified atom stereocenters. The highest BCUT2D eigenvalue weighted by molar-refractivity contribution is 5.81. The van der Waals surface area contributed by atoms with Crippen LogP contribution >= 0.6 is 0 Å². The van der Waals surface area contributed by atoms with Gasteiger partial charge in [-0.1, -0.05) is 74.0 Å². The molecule has 2 atom stereocenters. The first kappa shape index (κ1) is 19.7. The van der Waals surface area contributed by atoms with E-state index >= 15 is 0 Å². The molecule has 4 heteroatoms. The largest absolute Gasteiger partial charge is 0.481 e. The lowest BCUT2D eigenvalue weighted by Gasteiger charge is -2.23. The van der Waals surface area contributed by atoms with Crippen LogP contribution in [0.5, 0.6) is 0 Å². The van der Waals surface area contributed by atoms with E-state index in [2.05, 4.69) is 0 Å². The second-order valence-corrected chi connectivity index (χ2v) is 6.45. The predicted octanol–water partition coefficient (Wildman–Crippen LogP) is 4.13. The molecule has 0 fully saturated rings. The van der Waals surface area contributed by atoms with E-state index in [9.17, 15) is 14.7 Å². The minimum absolute atomic E-state index is 0.302. The standard InChI is InChI=1S/C22H26O4/c1-2-3-14-26-22(25)20(16-18-12-8-5-9-13-18)19(21(23)24)15-17-10-6-4-7-11-17/h4-13,19-20H,2-3,14-16H2,1H3,(H,23,24). The Morgan fingerprint density at radius 2 is 1.38 bits per heavy atom. The van der Waals surface area contributed by atoms with E-state index < -0.39 is 23.8 Å². The lowest BCUT2D eigenvalue weighted by atomic mass is 9.82. The molecule has 0 bridgehead atoms. The predicted molar refractivity (Wildman–Crippen MR) is 101 cm³/mol.